The van der Waals surface area contributed by atoms with E-state index in [-0.39, 0.29) is 0 Å². The average Bonchev–Trinajstić information content (AvgIpc) is 2.75. The summed E-state index contributed by atoms with van der Waals surface area (Å²) in [5.74, 6) is 0.957. The Hall–Kier alpha value is -2.65. The number of rotatable bonds is 6. The Morgan fingerprint density at radius 3 is 2.48 bits per heavy atom. The molecular weight excluding hydrogens is 332 g/mol. The Labute approximate surface area is 161 Å². The zero-order chi connectivity index (χ0) is 18.3. The summed E-state index contributed by atoms with van der Waals surface area (Å²) in [6.45, 7) is 3.35. The number of nitrogens with zero attached hydrogens (tertiary/aromatic N) is 2. The minimum atomic E-state index is 0.308. The highest BCUT2D eigenvalue weighted by atomic mass is 16.5. The minimum Gasteiger partial charge on any atom is -0.490 e. The molecule has 1 fully saturated rings. The number of hydrogen-bond donors (Lipinski definition) is 0. The van der Waals surface area contributed by atoms with Gasteiger partial charge in [-0.25, -0.2) is 0 Å². The van der Waals surface area contributed by atoms with Crippen LogP contribution in [0.3, 0.4) is 0 Å². The molecule has 27 heavy (non-hydrogen) atoms. The van der Waals surface area contributed by atoms with Gasteiger partial charge >= 0.3 is 0 Å². The summed E-state index contributed by atoms with van der Waals surface area (Å²) in [6.07, 6.45) is 7.30. The second-order valence-corrected chi connectivity index (χ2v) is 7.16. The summed E-state index contributed by atoms with van der Waals surface area (Å²) in [4.78, 5) is 6.76. The van der Waals surface area contributed by atoms with E-state index in [1.54, 1.807) is 6.20 Å². The lowest BCUT2D eigenvalue weighted by Gasteiger charge is -2.32. The smallest absolute Gasteiger partial charge is 0.120 e. The van der Waals surface area contributed by atoms with Crippen LogP contribution >= 0.6 is 0 Å². The molecule has 0 atom stereocenters. The lowest BCUT2D eigenvalue weighted by molar-refractivity contribution is 0.101. The molecule has 3 heteroatoms. The minimum absolute atomic E-state index is 0.308. The van der Waals surface area contributed by atoms with Crippen molar-refractivity contribution in [1.29, 1.82) is 0 Å². The van der Waals surface area contributed by atoms with E-state index < -0.39 is 0 Å². The Kier molecular flexibility index (Phi) is 5.80. The van der Waals surface area contributed by atoms with Gasteiger partial charge in [-0.05, 0) is 48.6 Å². The molecular formula is C24H26N2O. The largest absolute Gasteiger partial charge is 0.490 e. The standard InChI is InChI=1S/C24H26N2O/c1-2-6-20(7-3-1)11-15-26-16-12-23(13-17-26)27-24-10-4-8-21(18-24)22-9-5-14-25-19-22/h1-10,14,18-19,23H,11-13,15-17H2. The lowest BCUT2D eigenvalue weighted by atomic mass is 10.1. The van der Waals surface area contributed by atoms with Crippen molar-refractivity contribution in [2.24, 2.45) is 0 Å². The molecule has 4 rings (SSSR count). The molecule has 3 aromatic rings. The summed E-state index contributed by atoms with van der Waals surface area (Å²) >= 11 is 0. The first-order chi connectivity index (χ1) is 13.4. The second-order valence-electron chi connectivity index (χ2n) is 7.16. The van der Waals surface area contributed by atoms with E-state index in [2.05, 4.69) is 70.5 Å². The van der Waals surface area contributed by atoms with Crippen molar-refractivity contribution in [2.45, 2.75) is 25.4 Å². The summed E-state index contributed by atoms with van der Waals surface area (Å²) in [6, 6.07) is 23.1. The van der Waals surface area contributed by atoms with Crippen LogP contribution in [0.15, 0.2) is 79.1 Å². The van der Waals surface area contributed by atoms with Crippen LogP contribution in [0.5, 0.6) is 5.75 Å². The first-order valence-corrected chi connectivity index (χ1v) is 9.80. The molecule has 0 spiro atoms. The van der Waals surface area contributed by atoms with E-state index in [1.807, 2.05) is 12.3 Å². The van der Waals surface area contributed by atoms with Crippen molar-refractivity contribution < 1.29 is 4.74 Å². The van der Waals surface area contributed by atoms with E-state index >= 15 is 0 Å². The molecule has 2 heterocycles. The summed E-state index contributed by atoms with van der Waals surface area (Å²) < 4.78 is 6.28. The van der Waals surface area contributed by atoms with Crippen molar-refractivity contribution in [3.63, 3.8) is 0 Å². The van der Waals surface area contributed by atoms with Gasteiger partial charge in [0.05, 0.1) is 0 Å². The number of likely N-dealkylation sites (tertiary alicyclic amines) is 1. The quantitative estimate of drug-likeness (QED) is 0.631. The molecule has 0 amide bonds. The van der Waals surface area contributed by atoms with Crippen molar-refractivity contribution >= 4 is 0 Å². The third kappa shape index (κ3) is 4.95. The summed E-state index contributed by atoms with van der Waals surface area (Å²) in [7, 11) is 0. The van der Waals surface area contributed by atoms with E-state index in [9.17, 15) is 0 Å². The fourth-order valence-corrected chi connectivity index (χ4v) is 3.66. The fraction of sp³-hybridized carbons (Fsp3) is 0.292. The maximum absolute atomic E-state index is 6.28. The maximum Gasteiger partial charge on any atom is 0.120 e. The molecule has 0 N–H and O–H groups in total. The molecule has 138 valence electrons. The Morgan fingerprint density at radius 2 is 1.70 bits per heavy atom. The Balaban J connectivity index is 1.28. The highest BCUT2D eigenvalue weighted by Gasteiger charge is 2.20. The predicted octanol–water partition coefficient (Wildman–Crippen LogP) is 4.83. The number of ether oxygens (including phenoxy) is 1. The van der Waals surface area contributed by atoms with E-state index in [0.29, 0.717) is 6.10 Å². The van der Waals surface area contributed by atoms with Gasteiger partial charge in [-0.3, -0.25) is 4.98 Å². The van der Waals surface area contributed by atoms with Crippen LogP contribution in [0.2, 0.25) is 0 Å². The van der Waals surface area contributed by atoms with Crippen molar-refractivity contribution in [2.75, 3.05) is 19.6 Å². The van der Waals surface area contributed by atoms with Crippen LogP contribution in [0.4, 0.5) is 0 Å². The van der Waals surface area contributed by atoms with Crippen LogP contribution in [-0.2, 0) is 6.42 Å². The number of pyridine rings is 1. The van der Waals surface area contributed by atoms with Gasteiger partial charge in [0.1, 0.15) is 11.9 Å². The van der Waals surface area contributed by atoms with Gasteiger partial charge in [-0.1, -0.05) is 48.5 Å². The average molecular weight is 358 g/mol. The van der Waals surface area contributed by atoms with Gasteiger partial charge in [0, 0.05) is 37.6 Å². The predicted molar refractivity (Wildman–Crippen MR) is 110 cm³/mol. The summed E-state index contributed by atoms with van der Waals surface area (Å²) in [5.41, 5.74) is 3.70. The first-order valence-electron chi connectivity index (χ1n) is 9.80. The van der Waals surface area contributed by atoms with Gasteiger partial charge in [0.15, 0.2) is 0 Å². The molecule has 3 nitrogen and oxygen atoms in total. The van der Waals surface area contributed by atoms with Gasteiger partial charge in [0.25, 0.3) is 0 Å². The van der Waals surface area contributed by atoms with Gasteiger partial charge < -0.3 is 9.64 Å². The number of aromatic nitrogens is 1. The van der Waals surface area contributed by atoms with Crippen LogP contribution in [-0.4, -0.2) is 35.6 Å². The van der Waals surface area contributed by atoms with Gasteiger partial charge in [-0.2, -0.15) is 0 Å². The number of piperidine rings is 1. The molecule has 1 aromatic heterocycles. The van der Waals surface area contributed by atoms with E-state index in [1.165, 1.54) is 5.56 Å². The van der Waals surface area contributed by atoms with Crippen LogP contribution < -0.4 is 4.74 Å². The van der Waals surface area contributed by atoms with Crippen molar-refractivity contribution in [3.8, 4) is 16.9 Å². The molecule has 1 aliphatic heterocycles. The van der Waals surface area contributed by atoms with E-state index in [4.69, 9.17) is 4.74 Å². The molecule has 1 aliphatic rings. The highest BCUT2D eigenvalue weighted by Crippen LogP contribution is 2.25. The van der Waals surface area contributed by atoms with Crippen LogP contribution in [0, 0.1) is 0 Å². The third-order valence-corrected chi connectivity index (χ3v) is 5.23. The summed E-state index contributed by atoms with van der Waals surface area (Å²) in [5, 5.41) is 0. The Morgan fingerprint density at radius 1 is 0.889 bits per heavy atom. The first kappa shape index (κ1) is 17.7. The molecule has 2 aromatic carbocycles. The molecule has 0 unspecified atom stereocenters. The maximum atomic E-state index is 6.28. The SMILES string of the molecule is c1ccc(CCN2CCC(Oc3cccc(-c4cccnc4)c3)CC2)cc1. The Bertz CT molecular complexity index is 827. The van der Waals surface area contributed by atoms with Gasteiger partial charge in [0.2, 0.25) is 0 Å². The van der Waals surface area contributed by atoms with Crippen LogP contribution in [0.25, 0.3) is 11.1 Å². The van der Waals surface area contributed by atoms with E-state index in [0.717, 1.165) is 55.8 Å². The highest BCUT2D eigenvalue weighted by molar-refractivity contribution is 5.63. The molecule has 0 radical (unpaired) electrons. The molecule has 0 bridgehead atoms. The zero-order valence-corrected chi connectivity index (χ0v) is 15.6. The fourth-order valence-electron chi connectivity index (χ4n) is 3.66. The molecule has 0 aliphatic carbocycles. The van der Waals surface area contributed by atoms with Crippen molar-refractivity contribution in [3.05, 3.63) is 84.7 Å². The van der Waals surface area contributed by atoms with Gasteiger partial charge in [-0.15, -0.1) is 0 Å². The van der Waals surface area contributed by atoms with Crippen molar-refractivity contribution in [1.82, 2.24) is 9.88 Å². The number of benzene rings is 2. The number of hydrogen-bond acceptors (Lipinski definition) is 3. The normalized spacial score (nSPS) is 15.6. The van der Waals surface area contributed by atoms with Crippen LogP contribution in [0.1, 0.15) is 18.4 Å². The molecule has 1 saturated heterocycles. The third-order valence-electron chi connectivity index (χ3n) is 5.23. The molecule has 0 saturated carbocycles. The zero-order valence-electron chi connectivity index (χ0n) is 15.6. The lowest BCUT2D eigenvalue weighted by Crippen LogP contribution is -2.39. The monoisotopic (exact) mass is 358 g/mol. The second kappa shape index (κ2) is 8.83. The topological polar surface area (TPSA) is 25.4 Å².